The fourth-order valence-corrected chi connectivity index (χ4v) is 5.00. The number of pyridine rings is 1. The number of rotatable bonds is 5. The van der Waals surface area contributed by atoms with Crippen molar-refractivity contribution in [2.24, 2.45) is 0 Å². The Bertz CT molecular complexity index is 1650. The number of amides is 1. The highest BCUT2D eigenvalue weighted by atomic mass is 35.5. The Morgan fingerprint density at radius 3 is 2.65 bits per heavy atom. The lowest BCUT2D eigenvalue weighted by Crippen LogP contribution is -2.25. The van der Waals surface area contributed by atoms with Gasteiger partial charge in [0, 0.05) is 35.0 Å². The van der Waals surface area contributed by atoms with Gasteiger partial charge in [-0.25, -0.2) is 19.2 Å². The van der Waals surface area contributed by atoms with E-state index in [4.69, 9.17) is 11.6 Å². The number of anilines is 1. The molecule has 5 aromatic rings. The maximum Gasteiger partial charge on any atom is 0.333 e. The molecule has 0 aromatic carbocycles. The van der Waals surface area contributed by atoms with E-state index >= 15 is 0 Å². The third-order valence-electron chi connectivity index (χ3n) is 6.44. The van der Waals surface area contributed by atoms with Gasteiger partial charge in [0.25, 0.3) is 0 Å². The number of hydrogen-bond donors (Lipinski definition) is 1. The van der Waals surface area contributed by atoms with Crippen molar-refractivity contribution in [2.45, 2.75) is 31.2 Å². The molecule has 0 saturated heterocycles. The van der Waals surface area contributed by atoms with Crippen molar-refractivity contribution in [2.75, 3.05) is 5.32 Å². The minimum Gasteiger partial charge on any atom is -0.324 e. The molecule has 0 aliphatic heterocycles. The Morgan fingerprint density at radius 1 is 1.16 bits per heavy atom. The lowest BCUT2D eigenvalue weighted by Gasteiger charge is -2.24. The lowest BCUT2D eigenvalue weighted by atomic mass is 9.80. The van der Waals surface area contributed by atoms with E-state index in [2.05, 4.69) is 35.7 Å². The van der Waals surface area contributed by atoms with Crippen LogP contribution in [0.2, 0.25) is 5.02 Å². The average molecular weight is 529 g/mol. The molecule has 0 saturated carbocycles. The summed E-state index contributed by atoms with van der Waals surface area (Å²) in [7, 11) is 0. The number of carbonyl (C=O) groups excluding carboxylic acids is 1. The monoisotopic (exact) mass is 528 g/mol. The van der Waals surface area contributed by atoms with Crippen LogP contribution in [0.15, 0.2) is 49.3 Å². The quantitative estimate of drug-likeness (QED) is 0.370. The van der Waals surface area contributed by atoms with Gasteiger partial charge in [-0.15, -0.1) is 9.90 Å². The van der Waals surface area contributed by atoms with E-state index < -0.39 is 29.7 Å². The Labute approximate surface area is 210 Å². The fourth-order valence-electron chi connectivity index (χ4n) is 4.76. The van der Waals surface area contributed by atoms with E-state index in [0.29, 0.717) is 27.2 Å². The Kier molecular flexibility index (Phi) is 5.22. The first-order valence-corrected chi connectivity index (χ1v) is 11.3. The summed E-state index contributed by atoms with van der Waals surface area (Å²) in [5.41, 5.74) is 0.918. The van der Waals surface area contributed by atoms with Gasteiger partial charge < -0.3 is 5.32 Å². The Morgan fingerprint density at radius 2 is 1.95 bits per heavy atom. The van der Waals surface area contributed by atoms with Crippen LogP contribution in [0.1, 0.15) is 42.6 Å². The molecule has 11 nitrogen and oxygen atoms in total. The number of alkyl halides is 2. The Hall–Kier alpha value is -4.33. The van der Waals surface area contributed by atoms with Crippen LogP contribution in [0.25, 0.3) is 11.5 Å². The summed E-state index contributed by atoms with van der Waals surface area (Å²) in [6.07, 6.45) is 8.54. The summed E-state index contributed by atoms with van der Waals surface area (Å²) in [6.45, 7) is -1.07. The first kappa shape index (κ1) is 23.1. The van der Waals surface area contributed by atoms with E-state index in [1.807, 2.05) is 0 Å². The van der Waals surface area contributed by atoms with Gasteiger partial charge >= 0.3 is 6.55 Å². The van der Waals surface area contributed by atoms with Crippen molar-refractivity contribution in [3.63, 3.8) is 0 Å². The van der Waals surface area contributed by atoms with Crippen molar-refractivity contribution in [3.8, 4) is 5.82 Å². The summed E-state index contributed by atoms with van der Waals surface area (Å²) in [5, 5.41) is 18.6. The van der Waals surface area contributed by atoms with Crippen LogP contribution < -0.4 is 5.32 Å². The zero-order chi connectivity index (χ0) is 25.9. The van der Waals surface area contributed by atoms with Crippen LogP contribution in [-0.2, 0) is 10.2 Å². The van der Waals surface area contributed by atoms with E-state index in [9.17, 15) is 18.0 Å². The second-order valence-corrected chi connectivity index (χ2v) is 9.12. The van der Waals surface area contributed by atoms with E-state index in [1.54, 1.807) is 6.92 Å². The zero-order valence-electron chi connectivity index (χ0n) is 18.9. The molecule has 1 aliphatic rings. The molecule has 0 fully saturated rings. The maximum atomic E-state index is 14.1. The van der Waals surface area contributed by atoms with Crippen LogP contribution in [0.4, 0.5) is 18.9 Å². The van der Waals surface area contributed by atoms with Crippen molar-refractivity contribution in [3.05, 3.63) is 77.1 Å². The molecule has 15 heteroatoms. The third-order valence-corrected chi connectivity index (χ3v) is 6.72. The first-order chi connectivity index (χ1) is 17.7. The summed E-state index contributed by atoms with van der Waals surface area (Å²) in [6, 6.07) is 2.66. The zero-order valence-corrected chi connectivity index (χ0v) is 19.7. The molecule has 6 rings (SSSR count). The third kappa shape index (κ3) is 3.71. The summed E-state index contributed by atoms with van der Waals surface area (Å²) in [4.78, 5) is 23.2. The molecule has 0 spiro atoms. The molecule has 2 atom stereocenters. The van der Waals surface area contributed by atoms with Gasteiger partial charge in [0.05, 0.1) is 47.1 Å². The van der Waals surface area contributed by atoms with Gasteiger partial charge in [-0.3, -0.25) is 4.79 Å². The molecule has 0 radical (unpaired) electrons. The summed E-state index contributed by atoms with van der Waals surface area (Å²) < 4.78 is 42.5. The van der Waals surface area contributed by atoms with Gasteiger partial charge in [-0.1, -0.05) is 11.6 Å². The molecule has 0 unspecified atom stereocenters. The first-order valence-electron chi connectivity index (χ1n) is 10.9. The number of carbonyl (C=O) groups is 1. The van der Waals surface area contributed by atoms with Gasteiger partial charge in [-0.05, 0) is 19.4 Å². The molecule has 37 heavy (non-hydrogen) atoms. The molecule has 1 N–H and O–H groups in total. The fraction of sp³-hybridized carbons (Fsp3) is 0.227. The predicted octanol–water partition coefficient (Wildman–Crippen LogP) is 3.52. The SMILES string of the molecule is C[C@]1(c2cnn(C(F)F)c2)C[C@@H](C(=O)Nc2cnc(-n3nccn3)c(Cl)c2)c2cnc3cc(F)nn3c21. The highest BCUT2D eigenvalue weighted by Crippen LogP contribution is 2.50. The Balaban J connectivity index is 1.38. The van der Waals surface area contributed by atoms with Crippen molar-refractivity contribution in [1.29, 1.82) is 0 Å². The summed E-state index contributed by atoms with van der Waals surface area (Å²) in [5.74, 6) is -1.66. The molecule has 5 heterocycles. The molecule has 5 aromatic heterocycles. The van der Waals surface area contributed by atoms with Gasteiger partial charge in [0.15, 0.2) is 11.5 Å². The lowest BCUT2D eigenvalue weighted by molar-refractivity contribution is -0.117. The largest absolute Gasteiger partial charge is 0.333 e. The predicted molar refractivity (Wildman–Crippen MR) is 123 cm³/mol. The number of nitrogens with one attached hydrogen (secondary N) is 1. The average Bonchev–Trinajstić information content (AvgIpc) is 3.64. The maximum absolute atomic E-state index is 14.1. The van der Waals surface area contributed by atoms with E-state index in [0.717, 1.165) is 6.07 Å². The van der Waals surface area contributed by atoms with E-state index in [-0.39, 0.29) is 22.9 Å². The topological polar surface area (TPSA) is 121 Å². The molecule has 0 bridgehead atoms. The normalized spacial score (nSPS) is 19.0. The van der Waals surface area contributed by atoms with Crippen LogP contribution in [-0.4, -0.2) is 50.3 Å². The highest BCUT2D eigenvalue weighted by Gasteiger charge is 2.48. The molecule has 1 aliphatic carbocycles. The number of fused-ring (bicyclic) bond motifs is 3. The number of aromatic nitrogens is 9. The highest BCUT2D eigenvalue weighted by molar-refractivity contribution is 6.32. The minimum absolute atomic E-state index is 0.168. The summed E-state index contributed by atoms with van der Waals surface area (Å²) >= 11 is 6.32. The van der Waals surface area contributed by atoms with Crippen LogP contribution in [0, 0.1) is 5.95 Å². The standard InChI is InChI=1S/C22H16ClF3N10O/c1-22(11-7-31-34(10-11)21(25)26)6-13(14-9-27-17-5-16(24)33-35(17)18(14)22)20(37)32-12-4-15(23)19(28-8-12)36-29-2-3-30-36/h2-5,7-10,13,21H,6H2,1H3,(H,32,37)/t13-,22-/m1/s1. The molecule has 1 amide bonds. The molecular formula is C22H16ClF3N10O. The smallest absolute Gasteiger partial charge is 0.324 e. The second kappa shape index (κ2) is 8.37. The number of halogens is 4. The van der Waals surface area contributed by atoms with Crippen LogP contribution in [0.3, 0.4) is 0 Å². The van der Waals surface area contributed by atoms with Gasteiger partial charge in [0.2, 0.25) is 11.9 Å². The molecule has 188 valence electrons. The van der Waals surface area contributed by atoms with E-state index in [1.165, 1.54) is 52.6 Å². The minimum atomic E-state index is -2.84. The van der Waals surface area contributed by atoms with Crippen molar-refractivity contribution < 1.29 is 18.0 Å². The second-order valence-electron chi connectivity index (χ2n) is 8.71. The van der Waals surface area contributed by atoms with Crippen molar-refractivity contribution in [1.82, 2.24) is 44.4 Å². The van der Waals surface area contributed by atoms with Crippen LogP contribution in [0.5, 0.6) is 0 Å². The van der Waals surface area contributed by atoms with Gasteiger partial charge in [0.1, 0.15) is 0 Å². The van der Waals surface area contributed by atoms with Gasteiger partial charge in [-0.2, -0.15) is 28.5 Å². The molecular weight excluding hydrogens is 513 g/mol. The number of hydrogen-bond acceptors (Lipinski definition) is 7. The van der Waals surface area contributed by atoms with Crippen LogP contribution >= 0.6 is 11.6 Å². The van der Waals surface area contributed by atoms with Crippen molar-refractivity contribution >= 4 is 28.8 Å². The number of nitrogens with zero attached hydrogens (tertiary/aromatic N) is 9.